The van der Waals surface area contributed by atoms with Gasteiger partial charge in [-0.3, -0.25) is 4.79 Å². The summed E-state index contributed by atoms with van der Waals surface area (Å²) in [6.45, 7) is 2.00. The largest absolute Gasteiger partial charge is 0.345 e. The van der Waals surface area contributed by atoms with Crippen molar-refractivity contribution in [3.8, 4) is 5.69 Å². The van der Waals surface area contributed by atoms with Gasteiger partial charge in [0.1, 0.15) is 0 Å². The molecule has 0 bridgehead atoms. The Labute approximate surface area is 179 Å². The molecule has 1 unspecified atom stereocenters. The minimum Gasteiger partial charge on any atom is -0.345 e. The number of nitrogens with one attached hydrogen (secondary N) is 2. The second-order valence-electron chi connectivity index (χ2n) is 7.51. The molecule has 152 valence electrons. The highest BCUT2D eigenvalue weighted by Gasteiger charge is 2.18. The number of imidazole rings is 1. The van der Waals surface area contributed by atoms with Crippen molar-refractivity contribution in [2.75, 3.05) is 0 Å². The zero-order valence-corrected chi connectivity index (χ0v) is 17.0. The minimum absolute atomic E-state index is 0.137. The normalized spacial score (nSPS) is 12.0. The van der Waals surface area contributed by atoms with Gasteiger partial charge in [-0.25, -0.2) is 9.67 Å². The van der Waals surface area contributed by atoms with Gasteiger partial charge < -0.3 is 10.3 Å². The molecule has 0 aliphatic rings. The molecule has 0 saturated carbocycles. The van der Waals surface area contributed by atoms with Crippen molar-refractivity contribution in [3.05, 3.63) is 114 Å². The fraction of sp³-hybridized carbons (Fsp3) is 0.0800. The molecule has 0 saturated heterocycles. The molecule has 6 nitrogen and oxygen atoms in total. The molecule has 6 heteroatoms. The van der Waals surface area contributed by atoms with Crippen molar-refractivity contribution in [1.29, 1.82) is 0 Å². The SMILES string of the molecule is Cc1cnn(-c2ccc(C(=O)NC(c3ccccc3)c3ccc4nc[nH]c4c3)cc2)c1. The van der Waals surface area contributed by atoms with E-state index in [0.29, 0.717) is 5.56 Å². The van der Waals surface area contributed by atoms with Crippen LogP contribution >= 0.6 is 0 Å². The van der Waals surface area contributed by atoms with Crippen LogP contribution in [0.5, 0.6) is 0 Å². The first-order chi connectivity index (χ1) is 15.2. The Hall–Kier alpha value is -4.19. The van der Waals surface area contributed by atoms with E-state index in [9.17, 15) is 4.79 Å². The predicted molar refractivity (Wildman–Crippen MR) is 120 cm³/mol. The van der Waals surface area contributed by atoms with Crippen LogP contribution in [-0.2, 0) is 0 Å². The lowest BCUT2D eigenvalue weighted by atomic mass is 9.97. The van der Waals surface area contributed by atoms with Crippen molar-refractivity contribution in [2.24, 2.45) is 0 Å². The number of aromatic amines is 1. The predicted octanol–water partition coefficient (Wildman–Crippen LogP) is 4.58. The number of benzene rings is 3. The fourth-order valence-corrected chi connectivity index (χ4v) is 3.67. The van der Waals surface area contributed by atoms with Gasteiger partial charge in [-0.05, 0) is 60.0 Å². The van der Waals surface area contributed by atoms with Gasteiger partial charge in [0.15, 0.2) is 0 Å². The molecule has 0 aliphatic heterocycles. The molecule has 5 rings (SSSR count). The van der Waals surface area contributed by atoms with E-state index in [0.717, 1.165) is 33.4 Å². The van der Waals surface area contributed by atoms with Gasteiger partial charge in [-0.1, -0.05) is 36.4 Å². The lowest BCUT2D eigenvalue weighted by Gasteiger charge is -2.20. The van der Waals surface area contributed by atoms with Gasteiger partial charge in [-0.2, -0.15) is 5.10 Å². The number of hydrogen-bond donors (Lipinski definition) is 2. The number of carbonyl (C=O) groups is 1. The number of aromatic nitrogens is 4. The Bertz CT molecular complexity index is 1340. The van der Waals surface area contributed by atoms with Crippen LogP contribution in [0.15, 0.2) is 91.5 Å². The van der Waals surface area contributed by atoms with E-state index in [-0.39, 0.29) is 11.9 Å². The van der Waals surface area contributed by atoms with Gasteiger partial charge in [0.2, 0.25) is 0 Å². The van der Waals surface area contributed by atoms with Crippen molar-refractivity contribution < 1.29 is 4.79 Å². The van der Waals surface area contributed by atoms with E-state index in [1.165, 1.54) is 0 Å². The third-order valence-electron chi connectivity index (χ3n) is 5.29. The van der Waals surface area contributed by atoms with Crippen molar-refractivity contribution in [2.45, 2.75) is 13.0 Å². The van der Waals surface area contributed by atoms with Crippen molar-refractivity contribution >= 4 is 16.9 Å². The molecule has 1 amide bonds. The molecule has 31 heavy (non-hydrogen) atoms. The maximum Gasteiger partial charge on any atom is 0.252 e. The highest BCUT2D eigenvalue weighted by atomic mass is 16.1. The first kappa shape index (κ1) is 18.8. The molecule has 2 N–H and O–H groups in total. The Balaban J connectivity index is 1.44. The lowest BCUT2D eigenvalue weighted by Crippen LogP contribution is -2.29. The number of rotatable bonds is 5. The van der Waals surface area contributed by atoms with Crippen LogP contribution in [0, 0.1) is 6.92 Å². The lowest BCUT2D eigenvalue weighted by molar-refractivity contribution is 0.0943. The zero-order chi connectivity index (χ0) is 21.2. The monoisotopic (exact) mass is 407 g/mol. The topological polar surface area (TPSA) is 75.6 Å². The standard InChI is InChI=1S/C25H21N5O/c1-17-14-28-30(15-17)21-10-7-19(8-11-21)25(31)29-24(18-5-3-2-4-6-18)20-9-12-22-23(13-20)27-16-26-22/h2-16,24H,1H3,(H,26,27)(H,29,31). The van der Waals surface area contributed by atoms with E-state index in [2.05, 4.69) is 20.4 Å². The summed E-state index contributed by atoms with van der Waals surface area (Å²) in [6.07, 6.45) is 5.43. The molecule has 0 spiro atoms. The maximum atomic E-state index is 13.1. The zero-order valence-electron chi connectivity index (χ0n) is 17.0. The van der Waals surface area contributed by atoms with E-state index >= 15 is 0 Å². The van der Waals surface area contributed by atoms with Crippen LogP contribution in [0.4, 0.5) is 0 Å². The van der Waals surface area contributed by atoms with Crippen LogP contribution < -0.4 is 5.32 Å². The molecule has 0 aliphatic carbocycles. The quantitative estimate of drug-likeness (QED) is 0.448. The Morgan fingerprint density at radius 1 is 1.00 bits per heavy atom. The number of H-pyrrole nitrogens is 1. The molecule has 5 aromatic rings. The summed E-state index contributed by atoms with van der Waals surface area (Å²) in [4.78, 5) is 20.5. The summed E-state index contributed by atoms with van der Waals surface area (Å²) in [6, 6.07) is 23.1. The van der Waals surface area contributed by atoms with Gasteiger partial charge in [0, 0.05) is 11.8 Å². The Morgan fingerprint density at radius 2 is 1.81 bits per heavy atom. The fourth-order valence-electron chi connectivity index (χ4n) is 3.67. The van der Waals surface area contributed by atoms with E-state index in [4.69, 9.17) is 0 Å². The summed E-state index contributed by atoms with van der Waals surface area (Å²) in [5.74, 6) is -0.137. The Morgan fingerprint density at radius 3 is 2.55 bits per heavy atom. The van der Waals surface area contributed by atoms with E-state index < -0.39 is 0 Å². The summed E-state index contributed by atoms with van der Waals surface area (Å²) >= 11 is 0. The van der Waals surface area contributed by atoms with Crippen molar-refractivity contribution in [3.63, 3.8) is 0 Å². The molecular formula is C25H21N5O. The molecular weight excluding hydrogens is 386 g/mol. The number of fused-ring (bicyclic) bond motifs is 1. The summed E-state index contributed by atoms with van der Waals surface area (Å²) < 4.78 is 1.80. The van der Waals surface area contributed by atoms with Gasteiger partial charge in [0.25, 0.3) is 5.91 Å². The van der Waals surface area contributed by atoms with Gasteiger partial charge >= 0.3 is 0 Å². The summed E-state index contributed by atoms with van der Waals surface area (Å²) in [5.41, 5.74) is 6.42. The van der Waals surface area contributed by atoms with Gasteiger partial charge in [-0.15, -0.1) is 0 Å². The first-order valence-corrected chi connectivity index (χ1v) is 10.1. The average molecular weight is 407 g/mol. The Kier molecular flexibility index (Phi) is 4.80. The number of aryl methyl sites for hydroxylation is 1. The third kappa shape index (κ3) is 3.83. The van der Waals surface area contributed by atoms with Crippen LogP contribution in [0.25, 0.3) is 16.7 Å². The van der Waals surface area contributed by atoms with Crippen LogP contribution in [0.1, 0.15) is 33.1 Å². The molecule has 0 fully saturated rings. The average Bonchev–Trinajstić information content (AvgIpc) is 3.46. The van der Waals surface area contributed by atoms with Crippen LogP contribution in [-0.4, -0.2) is 25.7 Å². The maximum absolute atomic E-state index is 13.1. The second kappa shape index (κ2) is 7.91. The molecule has 2 aromatic heterocycles. The second-order valence-corrected chi connectivity index (χ2v) is 7.51. The van der Waals surface area contributed by atoms with Crippen molar-refractivity contribution in [1.82, 2.24) is 25.1 Å². The minimum atomic E-state index is -0.283. The highest BCUT2D eigenvalue weighted by molar-refractivity contribution is 5.95. The highest BCUT2D eigenvalue weighted by Crippen LogP contribution is 2.25. The summed E-state index contributed by atoms with van der Waals surface area (Å²) in [7, 11) is 0. The van der Waals surface area contributed by atoms with E-state index in [1.54, 1.807) is 11.0 Å². The van der Waals surface area contributed by atoms with Crippen LogP contribution in [0.2, 0.25) is 0 Å². The molecule has 0 radical (unpaired) electrons. The summed E-state index contributed by atoms with van der Waals surface area (Å²) in [5, 5.41) is 7.51. The van der Waals surface area contributed by atoms with E-state index in [1.807, 2.05) is 92.1 Å². The number of hydrogen-bond acceptors (Lipinski definition) is 3. The number of carbonyl (C=O) groups excluding carboxylic acids is 1. The third-order valence-corrected chi connectivity index (χ3v) is 5.29. The number of amides is 1. The smallest absolute Gasteiger partial charge is 0.252 e. The van der Waals surface area contributed by atoms with Gasteiger partial charge in [0.05, 0.1) is 35.3 Å². The first-order valence-electron chi connectivity index (χ1n) is 10.1. The molecule has 1 atom stereocenters. The molecule has 2 heterocycles. The van der Waals surface area contributed by atoms with Crippen LogP contribution in [0.3, 0.4) is 0 Å². The molecule has 3 aromatic carbocycles. The number of nitrogens with zero attached hydrogens (tertiary/aromatic N) is 3.